The van der Waals surface area contributed by atoms with Gasteiger partial charge in [0.15, 0.2) is 11.4 Å². The molecule has 0 aliphatic heterocycles. The molecule has 232 valence electrons. The lowest BCUT2D eigenvalue weighted by atomic mass is 9.86. The molecule has 0 saturated heterocycles. The van der Waals surface area contributed by atoms with Crippen molar-refractivity contribution in [2.45, 2.75) is 77.4 Å². The number of pyridine rings is 1. The number of carbonyl (C=O) groups excluding carboxylic acids is 2. The average Bonchev–Trinajstić information content (AvgIpc) is 3.46. The molecule has 0 atom stereocenters. The minimum Gasteiger partial charge on any atom is -0.444 e. The van der Waals surface area contributed by atoms with Gasteiger partial charge in [0.2, 0.25) is 5.89 Å². The zero-order valence-electron chi connectivity index (χ0n) is 25.0. The third-order valence-corrected chi connectivity index (χ3v) is 7.66. The Bertz CT molecular complexity index is 1420. The maximum atomic E-state index is 13.9. The molecule has 5 rings (SSSR count). The Labute approximate surface area is 249 Å². The summed E-state index contributed by atoms with van der Waals surface area (Å²) in [5.41, 5.74) is -0.806. The standard InChI is InChI=1S/C30H39F2N7O4/c1-30(2,3)43-29(41)38(15-19-5-6-19)24-13-20(11-12-34-24)28-36-23(17-42-28)27(40)35-22-16-39(37-25(22)26(31)32)21-9-7-18(8-10-21)14-33-4/h11-13,16-19,21,26,33H,5-10,14-15H2,1-4H3,(H,35,40). The van der Waals surface area contributed by atoms with Crippen LogP contribution in [0.15, 0.2) is 35.2 Å². The number of nitrogens with one attached hydrogen (secondary N) is 2. The number of amides is 2. The molecule has 0 bridgehead atoms. The number of nitrogens with zero attached hydrogens (tertiary/aromatic N) is 5. The van der Waals surface area contributed by atoms with E-state index in [0.29, 0.717) is 29.8 Å². The van der Waals surface area contributed by atoms with Crippen LogP contribution in [0.4, 0.5) is 25.1 Å². The van der Waals surface area contributed by atoms with Crippen LogP contribution < -0.4 is 15.5 Å². The van der Waals surface area contributed by atoms with Gasteiger partial charge in [0.25, 0.3) is 12.3 Å². The molecule has 2 fully saturated rings. The maximum absolute atomic E-state index is 13.9. The molecule has 2 aliphatic rings. The Morgan fingerprint density at radius 1 is 1.16 bits per heavy atom. The van der Waals surface area contributed by atoms with Crippen molar-refractivity contribution < 1.29 is 27.5 Å². The highest BCUT2D eigenvalue weighted by Gasteiger charge is 2.32. The van der Waals surface area contributed by atoms with Crippen molar-refractivity contribution in [1.29, 1.82) is 0 Å². The molecule has 3 heterocycles. The summed E-state index contributed by atoms with van der Waals surface area (Å²) in [6, 6.07) is 3.28. The van der Waals surface area contributed by atoms with Crippen LogP contribution in [0.25, 0.3) is 11.5 Å². The first-order valence-corrected chi connectivity index (χ1v) is 14.8. The van der Waals surface area contributed by atoms with E-state index in [9.17, 15) is 18.4 Å². The normalized spacial score (nSPS) is 19.0. The number of oxazole rings is 1. The predicted molar refractivity (Wildman–Crippen MR) is 156 cm³/mol. The first-order valence-electron chi connectivity index (χ1n) is 14.8. The van der Waals surface area contributed by atoms with Gasteiger partial charge in [-0.2, -0.15) is 5.10 Å². The Morgan fingerprint density at radius 2 is 1.88 bits per heavy atom. The Morgan fingerprint density at radius 3 is 2.53 bits per heavy atom. The topological polar surface area (TPSA) is 127 Å². The summed E-state index contributed by atoms with van der Waals surface area (Å²) in [5, 5.41) is 9.87. The molecular weight excluding hydrogens is 560 g/mol. The molecule has 11 nitrogen and oxygen atoms in total. The monoisotopic (exact) mass is 599 g/mol. The van der Waals surface area contributed by atoms with Crippen molar-refractivity contribution in [2.75, 3.05) is 30.4 Å². The number of rotatable bonds is 10. The summed E-state index contributed by atoms with van der Waals surface area (Å²) in [7, 11) is 1.92. The number of halogens is 2. The van der Waals surface area contributed by atoms with E-state index >= 15 is 0 Å². The van der Waals surface area contributed by atoms with Crippen molar-refractivity contribution in [1.82, 2.24) is 25.1 Å². The Kier molecular flexibility index (Phi) is 9.09. The summed E-state index contributed by atoms with van der Waals surface area (Å²) in [4.78, 5) is 36.2. The molecule has 0 unspecified atom stereocenters. The van der Waals surface area contributed by atoms with Crippen molar-refractivity contribution >= 4 is 23.5 Å². The molecule has 43 heavy (non-hydrogen) atoms. The second-order valence-electron chi connectivity index (χ2n) is 12.4. The number of hydrogen-bond acceptors (Lipinski definition) is 8. The molecule has 3 aromatic heterocycles. The van der Waals surface area contributed by atoms with Crippen LogP contribution in [0.3, 0.4) is 0 Å². The molecule has 2 N–H and O–H groups in total. The van der Waals surface area contributed by atoms with Gasteiger partial charge in [0.1, 0.15) is 17.7 Å². The van der Waals surface area contributed by atoms with Crippen molar-refractivity contribution in [3.05, 3.63) is 42.2 Å². The second kappa shape index (κ2) is 12.8. The van der Waals surface area contributed by atoms with E-state index in [0.717, 1.165) is 51.3 Å². The fraction of sp³-hybridized carbons (Fsp3) is 0.567. The van der Waals surface area contributed by atoms with Gasteiger partial charge in [0.05, 0.1) is 11.7 Å². The predicted octanol–water partition coefficient (Wildman–Crippen LogP) is 6.23. The van der Waals surface area contributed by atoms with Crippen molar-refractivity contribution in [3.8, 4) is 11.5 Å². The smallest absolute Gasteiger partial charge is 0.416 e. The number of carbonyl (C=O) groups is 2. The first kappa shape index (κ1) is 30.6. The van der Waals surface area contributed by atoms with E-state index < -0.39 is 29.7 Å². The largest absolute Gasteiger partial charge is 0.444 e. The van der Waals surface area contributed by atoms with Crippen LogP contribution in [0.2, 0.25) is 0 Å². The SMILES string of the molecule is CNCC1CCC(n2cc(NC(=O)c3coc(-c4ccnc(N(CC5CC5)C(=O)OC(C)(C)C)c4)n3)c(C(F)F)n2)CC1. The highest BCUT2D eigenvalue weighted by Crippen LogP contribution is 2.35. The zero-order valence-corrected chi connectivity index (χ0v) is 25.0. The van der Waals surface area contributed by atoms with Crippen molar-refractivity contribution in [2.24, 2.45) is 11.8 Å². The van der Waals surface area contributed by atoms with Gasteiger partial charge in [0, 0.05) is 24.5 Å². The van der Waals surface area contributed by atoms with Gasteiger partial charge in [-0.25, -0.2) is 23.5 Å². The first-order chi connectivity index (χ1) is 20.5. The van der Waals surface area contributed by atoms with Crippen LogP contribution in [0, 0.1) is 11.8 Å². The lowest BCUT2D eigenvalue weighted by Crippen LogP contribution is -2.38. The fourth-order valence-corrected chi connectivity index (χ4v) is 5.29. The quantitative estimate of drug-likeness (QED) is 0.281. The van der Waals surface area contributed by atoms with E-state index in [4.69, 9.17) is 9.15 Å². The van der Waals surface area contributed by atoms with Crippen molar-refractivity contribution in [3.63, 3.8) is 0 Å². The third-order valence-electron chi connectivity index (χ3n) is 7.66. The van der Waals surface area contributed by atoms with Gasteiger partial charge in [-0.3, -0.25) is 14.4 Å². The third kappa shape index (κ3) is 7.75. The van der Waals surface area contributed by atoms with Gasteiger partial charge in [-0.05, 0) is 96.9 Å². The molecular formula is C30H39F2N7O4. The van der Waals surface area contributed by atoms with Crippen LogP contribution >= 0.6 is 0 Å². The molecule has 0 spiro atoms. The maximum Gasteiger partial charge on any atom is 0.416 e. The summed E-state index contributed by atoms with van der Waals surface area (Å²) in [5.74, 6) is 0.727. The fourth-order valence-electron chi connectivity index (χ4n) is 5.29. The van der Waals surface area contributed by atoms with E-state index in [1.54, 1.807) is 37.6 Å². The number of aromatic nitrogens is 4. The lowest BCUT2D eigenvalue weighted by molar-refractivity contribution is 0.0577. The van der Waals surface area contributed by atoms with Gasteiger partial charge >= 0.3 is 6.09 Å². The molecule has 0 aromatic carbocycles. The van der Waals surface area contributed by atoms with E-state index in [-0.39, 0.29) is 23.3 Å². The molecule has 2 saturated carbocycles. The molecule has 0 radical (unpaired) electrons. The molecule has 3 aromatic rings. The number of anilines is 2. The minimum absolute atomic E-state index is 0.00374. The Balaban J connectivity index is 1.30. The van der Waals surface area contributed by atoms with Gasteiger partial charge in [-0.15, -0.1) is 0 Å². The van der Waals surface area contributed by atoms with Crippen LogP contribution in [0.5, 0.6) is 0 Å². The molecule has 2 aliphatic carbocycles. The summed E-state index contributed by atoms with van der Waals surface area (Å²) < 4.78 is 40.5. The lowest BCUT2D eigenvalue weighted by Gasteiger charge is -2.28. The highest BCUT2D eigenvalue weighted by atomic mass is 19.3. The van der Waals surface area contributed by atoms with Crippen LogP contribution in [0.1, 0.15) is 87.9 Å². The number of alkyl halides is 2. The van der Waals surface area contributed by atoms with Crippen LogP contribution in [-0.4, -0.2) is 57.5 Å². The number of ether oxygens (including phenoxy) is 1. The zero-order chi connectivity index (χ0) is 30.7. The summed E-state index contributed by atoms with van der Waals surface area (Å²) in [6.45, 7) is 6.81. The van der Waals surface area contributed by atoms with E-state index in [1.807, 2.05) is 7.05 Å². The highest BCUT2D eigenvalue weighted by molar-refractivity contribution is 6.03. The van der Waals surface area contributed by atoms with Crippen LogP contribution in [-0.2, 0) is 4.74 Å². The second-order valence-corrected chi connectivity index (χ2v) is 12.4. The minimum atomic E-state index is -2.86. The molecule has 2 amide bonds. The average molecular weight is 600 g/mol. The summed E-state index contributed by atoms with van der Waals surface area (Å²) >= 11 is 0. The van der Waals surface area contributed by atoms with E-state index in [2.05, 4.69) is 25.7 Å². The van der Waals surface area contributed by atoms with Gasteiger partial charge in [-0.1, -0.05) is 0 Å². The molecule has 13 heteroatoms. The summed E-state index contributed by atoms with van der Waals surface area (Å²) in [6.07, 6.45) is 6.48. The van der Waals surface area contributed by atoms with Gasteiger partial charge < -0.3 is 19.8 Å². The Hall–Kier alpha value is -3.87. The van der Waals surface area contributed by atoms with E-state index in [1.165, 1.54) is 17.3 Å². The number of hydrogen-bond donors (Lipinski definition) is 2.